The van der Waals surface area contributed by atoms with Gasteiger partial charge in [0, 0.05) is 0 Å². The van der Waals surface area contributed by atoms with E-state index in [0.29, 0.717) is 5.75 Å². The first kappa shape index (κ1) is 2.53. The third-order valence-electron chi connectivity index (χ3n) is 0.861. The molecule has 1 heteroatoms. The van der Waals surface area contributed by atoms with Crippen molar-refractivity contribution < 1.29 is 8.85 Å². The lowest BCUT2D eigenvalue weighted by molar-refractivity contribution is 0.415. The topological polar surface area (TPSA) is 9.23 Å². The highest BCUT2D eigenvalue weighted by molar-refractivity contribution is 5.20. The van der Waals surface area contributed by atoms with Crippen molar-refractivity contribution in [3.63, 3.8) is 0 Å². The van der Waals surface area contributed by atoms with Crippen molar-refractivity contribution in [1.29, 1.82) is 0 Å². The summed E-state index contributed by atoms with van der Waals surface area (Å²) in [6.45, 7) is 0. The number of benzene rings is 1. The molecule has 0 saturated carbocycles. The van der Waals surface area contributed by atoms with Crippen molar-refractivity contribution in [3.05, 3.63) is 30.3 Å². The Labute approximate surface area is 53.1 Å². The molecule has 0 heterocycles. The average Bonchev–Trinajstić information content (AvgIpc) is 1.85. The van der Waals surface area contributed by atoms with Gasteiger partial charge in [-0.15, -0.1) is 0 Å². The van der Waals surface area contributed by atoms with Gasteiger partial charge in [-0.1, -0.05) is 18.2 Å². The fourth-order valence-electron chi connectivity index (χ4n) is 0.489. The molecule has 1 aromatic carbocycles. The fourth-order valence-corrected chi connectivity index (χ4v) is 0.489. The summed E-state index contributed by atoms with van der Waals surface area (Å²) >= 11 is 0. The second kappa shape index (κ2) is 2.36. The summed E-state index contributed by atoms with van der Waals surface area (Å²) in [4.78, 5) is 0. The molecule has 0 atom stereocenters. The van der Waals surface area contributed by atoms with E-state index in [1.807, 2.05) is 0 Å². The highest BCUT2D eigenvalue weighted by Crippen LogP contribution is 2.05. The number of hydrogen-bond acceptors (Lipinski definition) is 1. The Hall–Kier alpha value is -0.980. The van der Waals surface area contributed by atoms with Crippen molar-refractivity contribution >= 4 is 0 Å². The van der Waals surface area contributed by atoms with Crippen LogP contribution in [0.1, 0.15) is 4.11 Å². The van der Waals surface area contributed by atoms with Gasteiger partial charge in [0.25, 0.3) is 0 Å². The maximum Gasteiger partial charge on any atom is 0.118 e. The molecule has 0 amide bonds. The molecule has 0 bridgehead atoms. The molecule has 1 aromatic rings. The predicted octanol–water partition coefficient (Wildman–Crippen LogP) is 1.70. The summed E-state index contributed by atoms with van der Waals surface area (Å²) in [6.07, 6.45) is 0. The summed E-state index contributed by atoms with van der Waals surface area (Å²) in [6, 6.07) is 8.45. The number of rotatable bonds is 1. The quantitative estimate of drug-likeness (QED) is 0.536. The summed E-state index contributed by atoms with van der Waals surface area (Å²) in [5, 5.41) is 0. The van der Waals surface area contributed by atoms with Crippen molar-refractivity contribution in [2.24, 2.45) is 0 Å². The first-order valence-electron chi connectivity index (χ1n) is 3.82. The zero-order valence-corrected chi connectivity index (χ0v) is 4.29. The summed E-state index contributed by atoms with van der Waals surface area (Å²) in [7, 11) is -2.35. The van der Waals surface area contributed by atoms with Crippen molar-refractivity contribution in [2.45, 2.75) is 0 Å². The Morgan fingerprint density at radius 3 is 2.75 bits per heavy atom. The van der Waals surface area contributed by atoms with Gasteiger partial charge in [-0.2, -0.15) is 0 Å². The summed E-state index contributed by atoms with van der Waals surface area (Å²) < 4.78 is 24.9. The third kappa shape index (κ3) is 0.997. The highest BCUT2D eigenvalue weighted by Gasteiger charge is 1.80. The van der Waals surface area contributed by atoms with Crippen LogP contribution < -0.4 is 4.74 Å². The van der Waals surface area contributed by atoms with E-state index in [-0.39, 0.29) is 0 Å². The standard InChI is InChI=1S/C7H8O/c1-8-7-5-3-2-4-6-7/h2-6H,1H3/i1D3. The van der Waals surface area contributed by atoms with E-state index in [2.05, 4.69) is 4.74 Å². The second-order valence-corrected chi connectivity index (χ2v) is 1.42. The Bertz CT molecular complexity index is 217. The van der Waals surface area contributed by atoms with Crippen LogP contribution >= 0.6 is 0 Å². The molecule has 0 radical (unpaired) electrons. The van der Waals surface area contributed by atoms with Crippen molar-refractivity contribution in [2.75, 3.05) is 7.04 Å². The Morgan fingerprint density at radius 2 is 2.12 bits per heavy atom. The summed E-state index contributed by atoms with van der Waals surface area (Å²) in [5.74, 6) is 0.368. The SMILES string of the molecule is [2H]C([2H])([2H])Oc1ccccc1. The molecule has 0 unspecified atom stereocenters. The monoisotopic (exact) mass is 111 g/mol. The van der Waals surface area contributed by atoms with Crippen LogP contribution in [0.25, 0.3) is 0 Å². The molecule has 8 heavy (non-hydrogen) atoms. The van der Waals surface area contributed by atoms with E-state index < -0.39 is 7.04 Å². The van der Waals surface area contributed by atoms with Gasteiger partial charge < -0.3 is 4.74 Å². The molecule has 1 nitrogen and oxygen atoms in total. The molecular formula is C7H8O. The molecule has 0 N–H and O–H groups in total. The number of hydrogen-bond donors (Lipinski definition) is 0. The lowest BCUT2D eigenvalue weighted by atomic mass is 10.3. The molecule has 0 aliphatic rings. The first-order chi connectivity index (χ1) is 5.08. The van der Waals surface area contributed by atoms with E-state index in [1.54, 1.807) is 30.3 Å². The molecule has 0 saturated heterocycles. The van der Waals surface area contributed by atoms with Crippen molar-refractivity contribution in [3.8, 4) is 5.75 Å². The van der Waals surface area contributed by atoms with E-state index in [0.717, 1.165) is 0 Å². The van der Waals surface area contributed by atoms with E-state index >= 15 is 0 Å². The molecule has 0 aromatic heterocycles. The maximum absolute atomic E-state index is 6.78. The second-order valence-electron chi connectivity index (χ2n) is 1.42. The van der Waals surface area contributed by atoms with Gasteiger partial charge in [0.1, 0.15) is 5.75 Å². The number of ether oxygens (including phenoxy) is 1. The van der Waals surface area contributed by atoms with E-state index in [9.17, 15) is 0 Å². The molecule has 0 fully saturated rings. The molecule has 0 aliphatic carbocycles. The van der Waals surface area contributed by atoms with Crippen LogP contribution in [-0.4, -0.2) is 7.04 Å². The van der Waals surface area contributed by atoms with Gasteiger partial charge in [0.15, 0.2) is 0 Å². The highest BCUT2D eigenvalue weighted by atomic mass is 16.5. The smallest absolute Gasteiger partial charge is 0.118 e. The zero-order valence-electron chi connectivity index (χ0n) is 7.29. The molecular weight excluding hydrogens is 100 g/mol. The Balaban J connectivity index is 2.66. The zero-order chi connectivity index (χ0) is 8.32. The first-order valence-corrected chi connectivity index (χ1v) is 2.32. The van der Waals surface area contributed by atoms with E-state index in [1.165, 1.54) is 0 Å². The van der Waals surface area contributed by atoms with Gasteiger partial charge >= 0.3 is 0 Å². The molecule has 0 aliphatic heterocycles. The molecule has 0 spiro atoms. The van der Waals surface area contributed by atoms with Gasteiger partial charge in [-0.25, -0.2) is 0 Å². The maximum atomic E-state index is 6.78. The van der Waals surface area contributed by atoms with Crippen LogP contribution in [0.3, 0.4) is 0 Å². The van der Waals surface area contributed by atoms with Gasteiger partial charge in [0.05, 0.1) is 11.2 Å². The normalized spacial score (nSPS) is 15.8. The largest absolute Gasteiger partial charge is 0.497 e. The van der Waals surface area contributed by atoms with E-state index in [4.69, 9.17) is 4.11 Å². The van der Waals surface area contributed by atoms with Crippen molar-refractivity contribution in [1.82, 2.24) is 0 Å². The average molecular weight is 111 g/mol. The van der Waals surface area contributed by atoms with Crippen LogP contribution in [-0.2, 0) is 0 Å². The van der Waals surface area contributed by atoms with Crippen LogP contribution in [0.5, 0.6) is 5.75 Å². The number of para-hydroxylation sites is 1. The lowest BCUT2D eigenvalue weighted by Crippen LogP contribution is -1.78. The van der Waals surface area contributed by atoms with Crippen LogP contribution in [0.15, 0.2) is 30.3 Å². The van der Waals surface area contributed by atoms with Crippen LogP contribution in [0.2, 0.25) is 0 Å². The minimum absolute atomic E-state index is 0.368. The van der Waals surface area contributed by atoms with Gasteiger partial charge in [-0.05, 0) is 12.1 Å². The van der Waals surface area contributed by atoms with Crippen LogP contribution in [0.4, 0.5) is 0 Å². The molecule has 1 rings (SSSR count). The minimum Gasteiger partial charge on any atom is -0.497 e. The Morgan fingerprint density at radius 1 is 1.38 bits per heavy atom. The fraction of sp³-hybridized carbons (Fsp3) is 0.143. The summed E-state index contributed by atoms with van der Waals surface area (Å²) in [5.41, 5.74) is 0. The van der Waals surface area contributed by atoms with Gasteiger partial charge in [-0.3, -0.25) is 0 Å². The minimum atomic E-state index is -2.35. The lowest BCUT2D eigenvalue weighted by Gasteiger charge is -1.93. The van der Waals surface area contributed by atoms with Gasteiger partial charge in [0.2, 0.25) is 0 Å². The van der Waals surface area contributed by atoms with Crippen LogP contribution in [0, 0.1) is 0 Å². The third-order valence-corrected chi connectivity index (χ3v) is 0.861. The molecule has 42 valence electrons. The Kier molecular flexibility index (Phi) is 0.747. The predicted molar refractivity (Wildman–Crippen MR) is 33.0 cm³/mol. The number of methoxy groups -OCH3 is 1.